The van der Waals surface area contributed by atoms with E-state index < -0.39 is 0 Å². The van der Waals surface area contributed by atoms with Crippen molar-refractivity contribution in [2.45, 2.75) is 0 Å². The molecular weight excluding hydrogens is 873 g/mol. The largest absolute Gasteiger partial charge is 0.231 e. The monoisotopic (exact) mass is 912 g/mol. The number of fused-ring (bicyclic) bond motifs is 9. The maximum atomic E-state index is 5.60. The van der Waals surface area contributed by atoms with E-state index in [0.29, 0.717) is 0 Å². The Bertz CT molecular complexity index is 4140. The van der Waals surface area contributed by atoms with Gasteiger partial charge in [-0.2, -0.15) is 5.10 Å². The predicted octanol–water partition coefficient (Wildman–Crippen LogP) is 18.9. The average molecular weight is 913 g/mol. The molecule has 0 aliphatic carbocycles. The quantitative estimate of drug-likeness (QED) is 0.156. The van der Waals surface area contributed by atoms with E-state index >= 15 is 0 Å². The molecular formula is C65H40N2S2. The van der Waals surface area contributed by atoms with Crippen molar-refractivity contribution < 1.29 is 0 Å². The summed E-state index contributed by atoms with van der Waals surface area (Å²) in [5.41, 5.74) is 17.2. The summed E-state index contributed by atoms with van der Waals surface area (Å²) < 4.78 is 7.48. The minimum absolute atomic E-state index is 0.963. The summed E-state index contributed by atoms with van der Waals surface area (Å²) in [4.78, 5) is 0. The fourth-order valence-electron chi connectivity index (χ4n) is 10.7. The second-order valence-electron chi connectivity index (χ2n) is 17.8. The molecule has 0 spiro atoms. The second kappa shape index (κ2) is 16.1. The Balaban J connectivity index is 0.998. The molecule has 0 fully saturated rings. The molecule has 4 aromatic heterocycles. The van der Waals surface area contributed by atoms with Crippen molar-refractivity contribution in [3.8, 4) is 78.1 Å². The first-order valence-electron chi connectivity index (χ1n) is 23.4. The van der Waals surface area contributed by atoms with E-state index in [-0.39, 0.29) is 0 Å². The number of pyridine rings is 1. The summed E-state index contributed by atoms with van der Waals surface area (Å²) in [5, 5.41) is 13.2. The van der Waals surface area contributed by atoms with E-state index in [1.807, 2.05) is 22.7 Å². The van der Waals surface area contributed by atoms with Crippen LogP contribution in [0.2, 0.25) is 0 Å². The van der Waals surface area contributed by atoms with Crippen LogP contribution in [0.25, 0.3) is 135 Å². The number of benzene rings is 10. The number of thiophene rings is 2. The summed E-state index contributed by atoms with van der Waals surface area (Å²) in [5.74, 6) is 0. The van der Waals surface area contributed by atoms with Crippen LogP contribution < -0.4 is 0 Å². The van der Waals surface area contributed by atoms with Crippen LogP contribution in [0.4, 0.5) is 0 Å². The van der Waals surface area contributed by atoms with Gasteiger partial charge in [0, 0.05) is 68.0 Å². The van der Waals surface area contributed by atoms with Gasteiger partial charge in [-0.25, -0.2) is 4.52 Å². The molecule has 0 unspecified atom stereocenters. The Morgan fingerprint density at radius 2 is 0.725 bits per heavy atom. The van der Waals surface area contributed by atoms with Crippen LogP contribution in [-0.4, -0.2) is 9.61 Å². The molecule has 0 amide bonds. The molecule has 0 N–H and O–H groups in total. The minimum atomic E-state index is 0.963. The zero-order valence-corrected chi connectivity index (χ0v) is 38.9. The van der Waals surface area contributed by atoms with Crippen molar-refractivity contribution in [1.29, 1.82) is 0 Å². The number of rotatable bonds is 7. The molecule has 0 aliphatic heterocycles. The second-order valence-corrected chi connectivity index (χ2v) is 19.9. The van der Waals surface area contributed by atoms with Gasteiger partial charge in [-0.15, -0.1) is 22.7 Å². The summed E-state index contributed by atoms with van der Waals surface area (Å²) in [6, 6.07) is 88.7. The molecule has 0 saturated heterocycles. The van der Waals surface area contributed by atoms with Crippen molar-refractivity contribution in [2.24, 2.45) is 0 Å². The number of hydrogen-bond acceptors (Lipinski definition) is 3. The third-order valence-electron chi connectivity index (χ3n) is 13.8. The minimum Gasteiger partial charge on any atom is -0.231 e. The Labute approximate surface area is 407 Å². The van der Waals surface area contributed by atoms with Gasteiger partial charge in [-0.05, 0) is 80.2 Å². The average Bonchev–Trinajstić information content (AvgIpc) is 4.14. The summed E-state index contributed by atoms with van der Waals surface area (Å²) >= 11 is 3.77. The molecule has 0 bridgehead atoms. The van der Waals surface area contributed by atoms with Gasteiger partial charge in [0.05, 0.1) is 11.2 Å². The molecule has 10 aromatic carbocycles. The van der Waals surface area contributed by atoms with Crippen molar-refractivity contribution in [2.75, 3.05) is 0 Å². The zero-order chi connectivity index (χ0) is 45.4. The molecule has 4 heterocycles. The third kappa shape index (κ3) is 6.48. The molecule has 0 atom stereocenters. The van der Waals surface area contributed by atoms with E-state index in [0.717, 1.165) is 61.2 Å². The maximum absolute atomic E-state index is 5.60. The summed E-state index contributed by atoms with van der Waals surface area (Å²) in [6.07, 6.45) is 0. The molecule has 4 heteroatoms. The normalized spacial score (nSPS) is 11.8. The van der Waals surface area contributed by atoms with Crippen molar-refractivity contribution in [1.82, 2.24) is 9.61 Å². The highest BCUT2D eigenvalue weighted by Crippen LogP contribution is 2.48. The van der Waals surface area contributed by atoms with Crippen molar-refractivity contribution in [3.63, 3.8) is 0 Å². The molecule has 322 valence electrons. The third-order valence-corrected chi connectivity index (χ3v) is 16.3. The standard InChI is InChI=1S/C65H40N2S2/c1-4-18-42(19-5-1)60-61(44-20-6-2-7-21-44)66-67-62(45-22-8-3-9-23-45)59(53-26-10-11-27-54(53)63(60)67)43-36-34-41(35-37-43)46-38-47(49-28-16-30-55-51-24-12-14-32-57(51)68-64(49)55)40-48(39-46)50-29-17-31-56-52-25-13-15-33-58(52)69-65(50)56/h1-40H. The summed E-state index contributed by atoms with van der Waals surface area (Å²) in [6.45, 7) is 0. The molecule has 0 aliphatic rings. The Hall–Kier alpha value is -8.41. The van der Waals surface area contributed by atoms with Crippen LogP contribution >= 0.6 is 22.7 Å². The fraction of sp³-hybridized carbons (Fsp3) is 0. The Kier molecular flexibility index (Phi) is 9.29. The number of nitrogens with zero attached hydrogens (tertiary/aromatic N) is 2. The number of hydrogen-bond donors (Lipinski definition) is 0. The SMILES string of the molecule is c1ccc(-c2nn3c(-c4ccccc4)c(-c4ccc(-c5cc(-c6cccc7c6sc6ccccc67)cc(-c6cccc7c6sc6ccccc67)c5)cc4)c4ccccc4c3c2-c2ccccc2)cc1. The lowest BCUT2D eigenvalue weighted by Crippen LogP contribution is -2.00. The van der Waals surface area contributed by atoms with Crippen molar-refractivity contribution in [3.05, 3.63) is 243 Å². The maximum Gasteiger partial charge on any atom is 0.101 e. The van der Waals surface area contributed by atoms with Gasteiger partial charge in [0.1, 0.15) is 5.69 Å². The van der Waals surface area contributed by atoms with Gasteiger partial charge in [0.2, 0.25) is 0 Å². The van der Waals surface area contributed by atoms with E-state index in [4.69, 9.17) is 5.10 Å². The highest BCUT2D eigenvalue weighted by Gasteiger charge is 2.25. The fourth-order valence-corrected chi connectivity index (χ4v) is 13.2. The van der Waals surface area contributed by atoms with Gasteiger partial charge in [-0.3, -0.25) is 0 Å². The van der Waals surface area contributed by atoms with Gasteiger partial charge < -0.3 is 0 Å². The lowest BCUT2D eigenvalue weighted by Gasteiger charge is -2.18. The van der Waals surface area contributed by atoms with Crippen LogP contribution in [0.5, 0.6) is 0 Å². The topological polar surface area (TPSA) is 17.3 Å². The smallest absolute Gasteiger partial charge is 0.101 e. The van der Waals surface area contributed by atoms with Gasteiger partial charge >= 0.3 is 0 Å². The molecule has 0 radical (unpaired) electrons. The molecule has 14 rings (SSSR count). The van der Waals surface area contributed by atoms with Crippen LogP contribution in [0.3, 0.4) is 0 Å². The van der Waals surface area contributed by atoms with Crippen LogP contribution in [0.1, 0.15) is 0 Å². The summed E-state index contributed by atoms with van der Waals surface area (Å²) in [7, 11) is 0. The molecule has 2 nitrogen and oxygen atoms in total. The van der Waals surface area contributed by atoms with Gasteiger partial charge in [-0.1, -0.05) is 212 Å². The van der Waals surface area contributed by atoms with Crippen LogP contribution in [0, 0.1) is 0 Å². The number of aromatic nitrogens is 2. The molecule has 69 heavy (non-hydrogen) atoms. The van der Waals surface area contributed by atoms with Gasteiger partial charge in [0.25, 0.3) is 0 Å². The Morgan fingerprint density at radius 3 is 1.30 bits per heavy atom. The lowest BCUT2D eigenvalue weighted by atomic mass is 9.89. The highest BCUT2D eigenvalue weighted by molar-refractivity contribution is 7.26. The molecule has 0 saturated carbocycles. The van der Waals surface area contributed by atoms with E-state index in [1.54, 1.807) is 0 Å². The Morgan fingerprint density at radius 1 is 0.290 bits per heavy atom. The predicted molar refractivity (Wildman–Crippen MR) is 297 cm³/mol. The van der Waals surface area contributed by atoms with E-state index in [9.17, 15) is 0 Å². The molecule has 14 aromatic rings. The first-order chi connectivity index (χ1) is 34.2. The zero-order valence-electron chi connectivity index (χ0n) is 37.3. The van der Waals surface area contributed by atoms with Crippen LogP contribution in [0.15, 0.2) is 243 Å². The van der Waals surface area contributed by atoms with Crippen molar-refractivity contribution >= 4 is 79.3 Å². The van der Waals surface area contributed by atoms with Gasteiger partial charge in [0.15, 0.2) is 0 Å². The first kappa shape index (κ1) is 39.7. The first-order valence-corrected chi connectivity index (χ1v) is 25.1. The highest BCUT2D eigenvalue weighted by atomic mass is 32.1. The van der Waals surface area contributed by atoms with E-state index in [1.165, 1.54) is 73.5 Å². The van der Waals surface area contributed by atoms with E-state index in [2.05, 4.69) is 247 Å². The van der Waals surface area contributed by atoms with Crippen LogP contribution in [-0.2, 0) is 0 Å². The lowest BCUT2D eigenvalue weighted by molar-refractivity contribution is 0.981.